The molecule has 0 saturated heterocycles. The summed E-state index contributed by atoms with van der Waals surface area (Å²) >= 11 is 0. The Morgan fingerprint density at radius 2 is 1.61 bits per heavy atom. The van der Waals surface area contributed by atoms with Crippen molar-refractivity contribution in [3.63, 3.8) is 0 Å². The molecule has 0 aliphatic carbocycles. The Balaban J connectivity index is 1.35. The molecule has 2 aromatic carbocycles. The molecule has 0 spiro atoms. The molecule has 0 atom stereocenters. The number of carbonyl (C=O) groups is 3. The fourth-order valence-electron chi connectivity index (χ4n) is 3.54. The number of ether oxygens (including phenoxy) is 1. The van der Waals surface area contributed by atoms with Crippen LogP contribution in [0.15, 0.2) is 65.5 Å². The van der Waals surface area contributed by atoms with E-state index in [0.717, 1.165) is 16.2 Å². The second kappa shape index (κ2) is 9.47. The number of nitrogens with one attached hydrogen (secondary N) is 1. The lowest BCUT2D eigenvalue weighted by Gasteiger charge is -2.14. The van der Waals surface area contributed by atoms with Gasteiger partial charge in [0.05, 0.1) is 30.0 Å². The molecule has 4 rings (SSSR count). The zero-order valence-corrected chi connectivity index (χ0v) is 18.0. The monoisotopic (exact) mass is 446 g/mol. The second-order valence-electron chi connectivity index (χ2n) is 7.33. The van der Waals surface area contributed by atoms with Gasteiger partial charge in [-0.05, 0) is 49.4 Å². The van der Waals surface area contributed by atoms with Gasteiger partial charge in [-0.3, -0.25) is 24.1 Å². The van der Waals surface area contributed by atoms with Crippen LogP contribution >= 0.6 is 0 Å². The Bertz CT molecular complexity index is 1230. The molecule has 3 amide bonds. The zero-order chi connectivity index (χ0) is 23.4. The normalized spacial score (nSPS) is 12.6. The molecule has 1 aliphatic rings. The number of carbonyl (C=O) groups excluding carboxylic acids is 3. The largest absolute Gasteiger partial charge is 0.494 e. The summed E-state index contributed by atoms with van der Waals surface area (Å²) in [5, 5.41) is 7.00. The van der Waals surface area contributed by atoms with Crippen molar-refractivity contribution in [2.75, 3.05) is 19.7 Å². The highest BCUT2D eigenvalue weighted by Crippen LogP contribution is 2.22. The summed E-state index contributed by atoms with van der Waals surface area (Å²) in [5.41, 5.74) is 1.70. The van der Waals surface area contributed by atoms with E-state index in [9.17, 15) is 19.2 Å². The van der Waals surface area contributed by atoms with Gasteiger partial charge in [0.1, 0.15) is 12.3 Å². The van der Waals surface area contributed by atoms with E-state index < -0.39 is 17.7 Å². The van der Waals surface area contributed by atoms with Crippen LogP contribution in [0.2, 0.25) is 0 Å². The smallest absolute Gasteiger partial charge is 0.266 e. The molecular weight excluding hydrogens is 424 g/mol. The number of benzene rings is 2. The minimum absolute atomic E-state index is 0.113. The third kappa shape index (κ3) is 4.67. The van der Waals surface area contributed by atoms with Crippen LogP contribution in [0.4, 0.5) is 0 Å². The van der Waals surface area contributed by atoms with Crippen molar-refractivity contribution in [2.45, 2.75) is 13.5 Å². The molecule has 1 N–H and O–H groups in total. The maximum absolute atomic E-state index is 12.4. The molecule has 9 heteroatoms. The van der Waals surface area contributed by atoms with E-state index in [4.69, 9.17) is 4.74 Å². The standard InChI is InChI=1S/C24H22N4O5/c1-2-33-17-9-7-16(8-10-17)20-11-12-22(30)28(26-20)14-13-25-21(29)15-27-23(31)18-5-3-4-6-19(18)24(27)32/h3-12H,2,13-15H2,1H3,(H,25,29). The lowest BCUT2D eigenvalue weighted by atomic mass is 10.1. The van der Waals surface area contributed by atoms with Crippen molar-refractivity contribution < 1.29 is 19.1 Å². The number of rotatable bonds is 8. The van der Waals surface area contributed by atoms with Gasteiger partial charge in [0.15, 0.2) is 0 Å². The van der Waals surface area contributed by atoms with Crippen LogP contribution in [0.25, 0.3) is 11.3 Å². The first-order chi connectivity index (χ1) is 16.0. The van der Waals surface area contributed by atoms with Gasteiger partial charge in [-0.2, -0.15) is 5.10 Å². The van der Waals surface area contributed by atoms with Crippen molar-refractivity contribution in [3.8, 4) is 17.0 Å². The lowest BCUT2D eigenvalue weighted by molar-refractivity contribution is -0.121. The van der Waals surface area contributed by atoms with Gasteiger partial charge in [-0.1, -0.05) is 12.1 Å². The van der Waals surface area contributed by atoms with Crippen LogP contribution in [0.5, 0.6) is 5.75 Å². The van der Waals surface area contributed by atoms with Crippen LogP contribution < -0.4 is 15.6 Å². The number of hydrogen-bond donors (Lipinski definition) is 1. The molecule has 33 heavy (non-hydrogen) atoms. The average molecular weight is 446 g/mol. The number of imide groups is 1. The number of aromatic nitrogens is 2. The first kappa shape index (κ1) is 21.9. The Morgan fingerprint density at radius 1 is 0.939 bits per heavy atom. The summed E-state index contributed by atoms with van der Waals surface area (Å²) in [6.45, 7) is 2.34. The zero-order valence-electron chi connectivity index (χ0n) is 18.0. The predicted molar refractivity (Wildman–Crippen MR) is 120 cm³/mol. The Hall–Kier alpha value is -4.27. The van der Waals surface area contributed by atoms with E-state index in [0.29, 0.717) is 12.3 Å². The van der Waals surface area contributed by atoms with Crippen molar-refractivity contribution in [1.82, 2.24) is 20.0 Å². The minimum Gasteiger partial charge on any atom is -0.494 e. The summed E-state index contributed by atoms with van der Waals surface area (Å²) in [6.07, 6.45) is 0. The van der Waals surface area contributed by atoms with E-state index in [2.05, 4.69) is 10.4 Å². The van der Waals surface area contributed by atoms with Gasteiger partial charge in [-0.15, -0.1) is 0 Å². The van der Waals surface area contributed by atoms with Crippen LogP contribution in [-0.2, 0) is 11.3 Å². The molecule has 1 aromatic heterocycles. The van der Waals surface area contributed by atoms with Gasteiger partial charge in [0, 0.05) is 18.2 Å². The number of nitrogens with zero attached hydrogens (tertiary/aromatic N) is 3. The summed E-state index contributed by atoms with van der Waals surface area (Å²) in [7, 11) is 0. The van der Waals surface area contributed by atoms with Gasteiger partial charge >= 0.3 is 0 Å². The highest BCUT2D eigenvalue weighted by molar-refractivity contribution is 6.22. The van der Waals surface area contributed by atoms with Gasteiger partial charge in [0.25, 0.3) is 17.4 Å². The molecule has 0 saturated carbocycles. The maximum Gasteiger partial charge on any atom is 0.266 e. The van der Waals surface area contributed by atoms with Crippen LogP contribution in [0.1, 0.15) is 27.6 Å². The summed E-state index contributed by atoms with van der Waals surface area (Å²) < 4.78 is 6.69. The van der Waals surface area contributed by atoms with Gasteiger partial charge in [0.2, 0.25) is 5.91 Å². The molecule has 168 valence electrons. The van der Waals surface area contributed by atoms with E-state index in [1.165, 1.54) is 10.7 Å². The highest BCUT2D eigenvalue weighted by Gasteiger charge is 2.36. The molecule has 0 radical (unpaired) electrons. The second-order valence-corrected chi connectivity index (χ2v) is 7.33. The molecule has 9 nitrogen and oxygen atoms in total. The molecule has 0 fully saturated rings. The van der Waals surface area contributed by atoms with Crippen molar-refractivity contribution >= 4 is 17.7 Å². The summed E-state index contributed by atoms with van der Waals surface area (Å²) in [4.78, 5) is 50.2. The van der Waals surface area contributed by atoms with Gasteiger partial charge < -0.3 is 10.1 Å². The predicted octanol–water partition coefficient (Wildman–Crippen LogP) is 1.72. The lowest BCUT2D eigenvalue weighted by Crippen LogP contribution is -2.41. The molecular formula is C24H22N4O5. The van der Waals surface area contributed by atoms with Crippen LogP contribution in [0, 0.1) is 0 Å². The minimum atomic E-state index is -0.500. The fourth-order valence-corrected chi connectivity index (χ4v) is 3.54. The number of amides is 3. The summed E-state index contributed by atoms with van der Waals surface area (Å²) in [5.74, 6) is -0.742. The van der Waals surface area contributed by atoms with Gasteiger partial charge in [-0.25, -0.2) is 4.68 Å². The van der Waals surface area contributed by atoms with Crippen LogP contribution in [0.3, 0.4) is 0 Å². The maximum atomic E-state index is 12.4. The van der Waals surface area contributed by atoms with E-state index >= 15 is 0 Å². The Kier molecular flexibility index (Phi) is 6.30. The van der Waals surface area contributed by atoms with Crippen molar-refractivity contribution in [2.24, 2.45) is 0 Å². The third-order valence-electron chi connectivity index (χ3n) is 5.15. The van der Waals surface area contributed by atoms with E-state index in [1.54, 1.807) is 30.3 Å². The first-order valence-corrected chi connectivity index (χ1v) is 10.5. The first-order valence-electron chi connectivity index (χ1n) is 10.5. The molecule has 2 heterocycles. The Morgan fingerprint density at radius 3 is 2.24 bits per heavy atom. The number of hydrogen-bond acceptors (Lipinski definition) is 6. The number of fused-ring (bicyclic) bond motifs is 1. The molecule has 0 bridgehead atoms. The molecule has 1 aliphatic heterocycles. The molecule has 0 unspecified atom stereocenters. The van der Waals surface area contributed by atoms with Crippen LogP contribution in [-0.4, -0.2) is 52.1 Å². The van der Waals surface area contributed by atoms with Crippen molar-refractivity contribution in [1.29, 1.82) is 0 Å². The quantitative estimate of drug-likeness (QED) is 0.528. The highest BCUT2D eigenvalue weighted by atomic mass is 16.5. The SMILES string of the molecule is CCOc1ccc(-c2ccc(=O)n(CCNC(=O)CN3C(=O)c4ccccc4C3=O)n2)cc1. The molecule has 3 aromatic rings. The Labute approximate surface area is 189 Å². The van der Waals surface area contributed by atoms with E-state index in [1.807, 2.05) is 31.2 Å². The van der Waals surface area contributed by atoms with E-state index in [-0.39, 0.29) is 36.3 Å². The average Bonchev–Trinajstić information content (AvgIpc) is 3.06. The van der Waals surface area contributed by atoms with Crippen molar-refractivity contribution in [3.05, 3.63) is 82.1 Å². The topological polar surface area (TPSA) is 111 Å². The third-order valence-corrected chi connectivity index (χ3v) is 5.15. The fraction of sp³-hybridized carbons (Fsp3) is 0.208. The summed E-state index contributed by atoms with van der Waals surface area (Å²) in [6, 6.07) is 16.9.